The summed E-state index contributed by atoms with van der Waals surface area (Å²) in [6.45, 7) is 3.84. The Labute approximate surface area is 208 Å². The molecule has 2 aromatic heterocycles. The van der Waals surface area contributed by atoms with Crippen molar-refractivity contribution in [3.63, 3.8) is 0 Å². The maximum atomic E-state index is 13.6. The second kappa shape index (κ2) is 8.44. The summed E-state index contributed by atoms with van der Waals surface area (Å²) in [5.74, 6) is -0.874. The Balaban J connectivity index is 1.43. The van der Waals surface area contributed by atoms with Crippen LogP contribution in [0.5, 0.6) is 0 Å². The van der Waals surface area contributed by atoms with Crippen molar-refractivity contribution in [2.75, 3.05) is 4.90 Å². The van der Waals surface area contributed by atoms with Gasteiger partial charge in [0.2, 0.25) is 0 Å². The number of imide groups is 1. The minimum absolute atomic E-state index is 0.216. The molecule has 0 unspecified atom stereocenters. The summed E-state index contributed by atoms with van der Waals surface area (Å²) < 4.78 is 11.7. The van der Waals surface area contributed by atoms with E-state index in [0.29, 0.717) is 27.9 Å². The minimum atomic E-state index is -0.437. The molecule has 3 aromatic carbocycles. The molecule has 0 bridgehead atoms. The lowest BCUT2D eigenvalue weighted by Gasteiger charge is -2.17. The lowest BCUT2D eigenvalue weighted by Crippen LogP contribution is -2.31. The summed E-state index contributed by atoms with van der Waals surface area (Å²) in [4.78, 5) is 37.9. The van der Waals surface area contributed by atoms with E-state index in [1.807, 2.05) is 62.4 Å². The Morgan fingerprint density at radius 1 is 0.714 bits per heavy atom. The first-order valence-electron chi connectivity index (χ1n) is 10.7. The van der Waals surface area contributed by atoms with Crippen molar-refractivity contribution in [2.24, 2.45) is 0 Å². The maximum Gasteiger partial charge on any atom is 0.273 e. The SMILES string of the molecule is Cc1ccc(N2C(=O)C(Sc3nc4ccccc4o3)=C(Sc3nc4ccccc4o3)C2=O)c(C)c1. The number of aryl methyl sites for hydroxylation is 2. The smallest absolute Gasteiger partial charge is 0.273 e. The first-order valence-corrected chi connectivity index (χ1v) is 12.4. The largest absolute Gasteiger partial charge is 0.431 e. The number of thioether (sulfide) groups is 2. The lowest BCUT2D eigenvalue weighted by atomic mass is 10.1. The zero-order chi connectivity index (χ0) is 24.1. The number of carbonyl (C=O) groups is 2. The first kappa shape index (κ1) is 21.7. The Morgan fingerprint density at radius 2 is 1.23 bits per heavy atom. The van der Waals surface area contributed by atoms with Gasteiger partial charge in [0.15, 0.2) is 11.2 Å². The third-order valence-corrected chi connectivity index (χ3v) is 7.51. The van der Waals surface area contributed by atoms with Crippen LogP contribution in [0.25, 0.3) is 22.2 Å². The molecular weight excluding hydrogens is 482 g/mol. The molecule has 0 N–H and O–H groups in total. The summed E-state index contributed by atoms with van der Waals surface area (Å²) in [6.07, 6.45) is 0. The van der Waals surface area contributed by atoms with E-state index in [2.05, 4.69) is 9.97 Å². The normalized spacial score (nSPS) is 14.2. The quantitative estimate of drug-likeness (QED) is 0.262. The highest BCUT2D eigenvalue weighted by atomic mass is 32.2. The monoisotopic (exact) mass is 499 g/mol. The molecule has 172 valence electrons. The van der Waals surface area contributed by atoms with Crippen LogP contribution in [0.4, 0.5) is 5.69 Å². The van der Waals surface area contributed by atoms with Crippen LogP contribution in [0.2, 0.25) is 0 Å². The predicted molar refractivity (Wildman–Crippen MR) is 135 cm³/mol. The number of benzene rings is 3. The second-order valence-electron chi connectivity index (χ2n) is 7.99. The molecule has 1 aliphatic heterocycles. The molecular formula is C26H17N3O4S2. The van der Waals surface area contributed by atoms with Gasteiger partial charge in [-0.2, -0.15) is 0 Å². The fraction of sp³-hybridized carbons (Fsp3) is 0.0769. The van der Waals surface area contributed by atoms with Crippen LogP contribution in [0.3, 0.4) is 0 Å². The molecule has 6 rings (SSSR count). The Hall–Kier alpha value is -3.82. The summed E-state index contributed by atoms with van der Waals surface area (Å²) in [6, 6.07) is 20.3. The number of anilines is 1. The molecule has 2 amide bonds. The van der Waals surface area contributed by atoms with Crippen LogP contribution in [-0.2, 0) is 9.59 Å². The molecule has 1 aliphatic rings. The summed E-state index contributed by atoms with van der Waals surface area (Å²) >= 11 is 2.06. The number of rotatable bonds is 5. The number of nitrogens with zero attached hydrogens (tertiary/aromatic N) is 3. The predicted octanol–water partition coefficient (Wildman–Crippen LogP) is 6.26. The Kier molecular flexibility index (Phi) is 5.23. The average molecular weight is 500 g/mol. The molecule has 35 heavy (non-hydrogen) atoms. The molecule has 0 radical (unpaired) electrons. The third kappa shape index (κ3) is 3.82. The first-order chi connectivity index (χ1) is 17.0. The van der Waals surface area contributed by atoms with E-state index in [-0.39, 0.29) is 20.3 Å². The van der Waals surface area contributed by atoms with Gasteiger partial charge < -0.3 is 8.83 Å². The highest BCUT2D eigenvalue weighted by Crippen LogP contribution is 2.44. The molecule has 7 nitrogen and oxygen atoms in total. The Bertz CT molecular complexity index is 1520. The molecule has 0 fully saturated rings. The molecule has 9 heteroatoms. The number of para-hydroxylation sites is 4. The number of fused-ring (bicyclic) bond motifs is 2. The van der Waals surface area contributed by atoms with E-state index in [1.165, 1.54) is 4.90 Å². The van der Waals surface area contributed by atoms with E-state index >= 15 is 0 Å². The third-order valence-electron chi connectivity index (χ3n) is 5.52. The van der Waals surface area contributed by atoms with Gasteiger partial charge in [0, 0.05) is 0 Å². The van der Waals surface area contributed by atoms with Gasteiger partial charge in [-0.3, -0.25) is 9.59 Å². The van der Waals surface area contributed by atoms with Gasteiger partial charge in [0.25, 0.3) is 22.3 Å². The summed E-state index contributed by atoms with van der Waals surface area (Å²) in [5, 5.41) is 0.556. The zero-order valence-electron chi connectivity index (χ0n) is 18.6. The van der Waals surface area contributed by atoms with E-state index in [4.69, 9.17) is 8.83 Å². The van der Waals surface area contributed by atoms with Crippen LogP contribution in [0.15, 0.2) is 95.8 Å². The fourth-order valence-corrected chi connectivity index (χ4v) is 5.78. The van der Waals surface area contributed by atoms with E-state index in [1.54, 1.807) is 18.2 Å². The van der Waals surface area contributed by atoms with Crippen molar-refractivity contribution in [1.82, 2.24) is 9.97 Å². The summed E-state index contributed by atoms with van der Waals surface area (Å²) in [5.41, 5.74) is 4.96. The number of hydrogen-bond donors (Lipinski definition) is 0. The van der Waals surface area contributed by atoms with Crippen LogP contribution >= 0.6 is 23.5 Å². The molecule has 5 aromatic rings. The Morgan fingerprint density at radius 3 is 1.71 bits per heavy atom. The number of aromatic nitrogens is 2. The summed E-state index contributed by atoms with van der Waals surface area (Å²) in [7, 11) is 0. The topological polar surface area (TPSA) is 89.4 Å². The average Bonchev–Trinajstić information content (AvgIpc) is 3.50. The second-order valence-corrected chi connectivity index (χ2v) is 9.92. The van der Waals surface area contributed by atoms with Gasteiger partial charge in [-0.05, 0) is 73.3 Å². The highest BCUT2D eigenvalue weighted by Gasteiger charge is 2.42. The number of amides is 2. The maximum absolute atomic E-state index is 13.6. The van der Waals surface area contributed by atoms with E-state index < -0.39 is 11.8 Å². The van der Waals surface area contributed by atoms with Gasteiger partial charge >= 0.3 is 0 Å². The fourth-order valence-electron chi connectivity index (χ4n) is 3.91. The van der Waals surface area contributed by atoms with Crippen molar-refractivity contribution in [3.05, 3.63) is 87.7 Å². The molecule has 0 saturated heterocycles. The van der Waals surface area contributed by atoms with Crippen molar-refractivity contribution in [1.29, 1.82) is 0 Å². The molecule has 0 saturated carbocycles. The zero-order valence-corrected chi connectivity index (χ0v) is 20.3. The lowest BCUT2D eigenvalue weighted by molar-refractivity contribution is -0.120. The molecule has 0 spiro atoms. The standard InChI is InChI=1S/C26H17N3O4S2/c1-14-11-12-18(15(2)13-14)29-23(30)21(34-25-27-16-7-3-5-9-19(16)32-25)22(24(29)31)35-26-28-17-8-4-6-10-20(17)33-26/h3-13H,1-2H3. The van der Waals surface area contributed by atoms with Crippen molar-refractivity contribution >= 4 is 63.2 Å². The molecule has 0 aliphatic carbocycles. The van der Waals surface area contributed by atoms with Crippen molar-refractivity contribution in [2.45, 2.75) is 24.3 Å². The van der Waals surface area contributed by atoms with Gasteiger partial charge in [0.1, 0.15) is 20.8 Å². The van der Waals surface area contributed by atoms with Gasteiger partial charge in [-0.15, -0.1) is 0 Å². The van der Waals surface area contributed by atoms with Crippen molar-refractivity contribution < 1.29 is 18.4 Å². The van der Waals surface area contributed by atoms with E-state index in [9.17, 15) is 9.59 Å². The number of oxazole rings is 2. The van der Waals surface area contributed by atoms with Gasteiger partial charge in [0.05, 0.1) is 5.69 Å². The highest BCUT2D eigenvalue weighted by molar-refractivity contribution is 8.08. The van der Waals surface area contributed by atoms with Crippen molar-refractivity contribution in [3.8, 4) is 0 Å². The van der Waals surface area contributed by atoms with Crippen LogP contribution in [-0.4, -0.2) is 21.8 Å². The number of hydrogen-bond acceptors (Lipinski definition) is 8. The molecule has 0 atom stereocenters. The van der Waals surface area contributed by atoms with Crippen LogP contribution in [0.1, 0.15) is 11.1 Å². The minimum Gasteiger partial charge on any atom is -0.431 e. The number of carbonyl (C=O) groups excluding carboxylic acids is 2. The van der Waals surface area contributed by atoms with E-state index in [0.717, 1.165) is 34.7 Å². The van der Waals surface area contributed by atoms with Gasteiger partial charge in [-0.25, -0.2) is 14.9 Å². The van der Waals surface area contributed by atoms with Gasteiger partial charge in [-0.1, -0.05) is 42.0 Å². The molecule has 3 heterocycles. The van der Waals surface area contributed by atoms with Crippen LogP contribution in [0, 0.1) is 13.8 Å². The van der Waals surface area contributed by atoms with Crippen LogP contribution < -0.4 is 4.90 Å².